The van der Waals surface area contributed by atoms with Crippen LogP contribution in [0.15, 0.2) is 18.2 Å². The lowest BCUT2D eigenvalue weighted by atomic mass is 10.1. The molecule has 0 bridgehead atoms. The fraction of sp³-hybridized carbons (Fsp3) is 0.538. The lowest BCUT2D eigenvalue weighted by Crippen LogP contribution is -2.34. The van der Waals surface area contributed by atoms with Crippen LogP contribution >= 0.6 is 11.6 Å². The van der Waals surface area contributed by atoms with E-state index in [1.165, 1.54) is 0 Å². The van der Waals surface area contributed by atoms with Gasteiger partial charge in [-0.25, -0.2) is 0 Å². The lowest BCUT2D eigenvalue weighted by molar-refractivity contribution is 0.571. The zero-order valence-electron chi connectivity index (χ0n) is 10.5. The molecule has 16 heavy (non-hydrogen) atoms. The van der Waals surface area contributed by atoms with E-state index in [9.17, 15) is 0 Å². The van der Waals surface area contributed by atoms with Crippen LogP contribution in [0.3, 0.4) is 0 Å². The first-order valence-corrected chi connectivity index (χ1v) is 6.11. The molecule has 0 unspecified atom stereocenters. The molecule has 0 aliphatic rings. The molecule has 1 aromatic carbocycles. The summed E-state index contributed by atoms with van der Waals surface area (Å²) in [6.07, 6.45) is 0. The Bertz CT molecular complexity index is 348. The van der Waals surface area contributed by atoms with E-state index in [1.54, 1.807) is 0 Å². The summed E-state index contributed by atoms with van der Waals surface area (Å²) in [5.41, 5.74) is 7.83. The van der Waals surface area contributed by atoms with Crippen molar-refractivity contribution in [2.45, 2.75) is 33.7 Å². The molecule has 0 radical (unpaired) electrons. The fourth-order valence-corrected chi connectivity index (χ4v) is 1.91. The van der Waals surface area contributed by atoms with Gasteiger partial charge in [-0.3, -0.25) is 0 Å². The average Bonchev–Trinajstić information content (AvgIpc) is 2.18. The quantitative estimate of drug-likeness (QED) is 0.812. The summed E-state index contributed by atoms with van der Waals surface area (Å²) in [5, 5.41) is 0.735. The molecule has 0 spiro atoms. The number of rotatable bonds is 4. The molecule has 90 valence electrons. The highest BCUT2D eigenvalue weighted by molar-refractivity contribution is 6.31. The Balaban J connectivity index is 3.05. The van der Waals surface area contributed by atoms with Gasteiger partial charge in [0.05, 0.1) is 11.4 Å². The molecule has 2 nitrogen and oxygen atoms in total. The van der Waals surface area contributed by atoms with Crippen LogP contribution in [0, 0.1) is 5.92 Å². The Hall–Kier alpha value is -0.890. The Morgan fingerprint density at radius 2 is 1.88 bits per heavy atom. The van der Waals surface area contributed by atoms with Crippen molar-refractivity contribution in [3.05, 3.63) is 23.2 Å². The van der Waals surface area contributed by atoms with E-state index in [1.807, 2.05) is 18.2 Å². The minimum absolute atomic E-state index is 0.420. The largest absolute Gasteiger partial charge is 0.397 e. The number of hydrogen-bond donors (Lipinski definition) is 1. The van der Waals surface area contributed by atoms with Crippen molar-refractivity contribution in [2.75, 3.05) is 17.2 Å². The van der Waals surface area contributed by atoms with E-state index in [-0.39, 0.29) is 0 Å². The highest BCUT2D eigenvalue weighted by Crippen LogP contribution is 2.29. The zero-order valence-corrected chi connectivity index (χ0v) is 11.3. The van der Waals surface area contributed by atoms with Gasteiger partial charge >= 0.3 is 0 Å². The smallest absolute Gasteiger partial charge is 0.0617 e. The maximum absolute atomic E-state index is 6.02. The molecule has 0 atom stereocenters. The number of nitrogen functional groups attached to an aromatic ring is 1. The van der Waals surface area contributed by atoms with Crippen LogP contribution in [-0.2, 0) is 0 Å². The Morgan fingerprint density at radius 1 is 1.25 bits per heavy atom. The molecule has 1 aromatic rings. The van der Waals surface area contributed by atoms with Crippen LogP contribution in [0.4, 0.5) is 11.4 Å². The van der Waals surface area contributed by atoms with Crippen LogP contribution in [0.25, 0.3) is 0 Å². The van der Waals surface area contributed by atoms with Gasteiger partial charge in [0.2, 0.25) is 0 Å². The third kappa shape index (κ3) is 3.31. The van der Waals surface area contributed by atoms with Gasteiger partial charge in [-0.05, 0) is 38.0 Å². The first kappa shape index (κ1) is 13.2. The standard InChI is InChI=1S/C13H21ClN2/c1-9(2)8-16(10(3)4)13-7-11(14)5-6-12(13)15/h5-7,9-10H,8,15H2,1-4H3. The summed E-state index contributed by atoms with van der Waals surface area (Å²) in [4.78, 5) is 2.30. The minimum Gasteiger partial charge on any atom is -0.397 e. The third-order valence-corrected chi connectivity index (χ3v) is 2.72. The first-order chi connectivity index (χ1) is 7.41. The maximum atomic E-state index is 6.02. The highest BCUT2D eigenvalue weighted by Gasteiger charge is 2.14. The molecule has 0 amide bonds. The second kappa shape index (κ2) is 5.44. The van der Waals surface area contributed by atoms with Crippen molar-refractivity contribution in [1.29, 1.82) is 0 Å². The normalized spacial score (nSPS) is 11.2. The van der Waals surface area contributed by atoms with Crippen molar-refractivity contribution in [1.82, 2.24) is 0 Å². The Kier molecular flexibility index (Phi) is 4.48. The number of hydrogen-bond acceptors (Lipinski definition) is 2. The Morgan fingerprint density at radius 3 is 2.38 bits per heavy atom. The van der Waals surface area contributed by atoms with Gasteiger partial charge < -0.3 is 10.6 Å². The molecule has 0 aromatic heterocycles. The topological polar surface area (TPSA) is 29.3 Å². The summed E-state index contributed by atoms with van der Waals surface area (Å²) in [6.45, 7) is 9.74. The lowest BCUT2D eigenvalue weighted by Gasteiger charge is -2.31. The fourth-order valence-electron chi connectivity index (χ4n) is 1.75. The van der Waals surface area contributed by atoms with Crippen molar-refractivity contribution < 1.29 is 0 Å². The van der Waals surface area contributed by atoms with Crippen molar-refractivity contribution in [3.8, 4) is 0 Å². The SMILES string of the molecule is CC(C)CN(c1cc(Cl)ccc1N)C(C)C. The average molecular weight is 241 g/mol. The van der Waals surface area contributed by atoms with Gasteiger partial charge in [0, 0.05) is 17.6 Å². The number of anilines is 2. The number of nitrogens with zero attached hydrogens (tertiary/aromatic N) is 1. The summed E-state index contributed by atoms with van der Waals surface area (Å²) in [6, 6.07) is 6.06. The summed E-state index contributed by atoms with van der Waals surface area (Å²) < 4.78 is 0. The summed E-state index contributed by atoms with van der Waals surface area (Å²) >= 11 is 6.02. The van der Waals surface area contributed by atoms with Crippen LogP contribution in [0.2, 0.25) is 5.02 Å². The molecule has 0 heterocycles. The summed E-state index contributed by atoms with van der Waals surface area (Å²) in [7, 11) is 0. The maximum Gasteiger partial charge on any atom is 0.0617 e. The number of halogens is 1. The van der Waals surface area contributed by atoms with E-state index in [0.717, 1.165) is 22.9 Å². The van der Waals surface area contributed by atoms with Crippen LogP contribution in [0.5, 0.6) is 0 Å². The molecular formula is C13H21ClN2. The molecule has 0 saturated carbocycles. The van der Waals surface area contributed by atoms with Gasteiger partial charge in [-0.2, -0.15) is 0 Å². The minimum atomic E-state index is 0.420. The number of benzene rings is 1. The third-order valence-electron chi connectivity index (χ3n) is 2.49. The van der Waals surface area contributed by atoms with Gasteiger partial charge in [-0.1, -0.05) is 25.4 Å². The Labute approximate surface area is 103 Å². The molecule has 0 aliphatic carbocycles. The van der Waals surface area contributed by atoms with Crippen LogP contribution < -0.4 is 10.6 Å². The van der Waals surface area contributed by atoms with E-state index in [0.29, 0.717) is 12.0 Å². The predicted molar refractivity (Wildman–Crippen MR) is 73.2 cm³/mol. The van der Waals surface area contributed by atoms with E-state index in [2.05, 4.69) is 32.6 Å². The molecule has 0 fully saturated rings. The molecule has 1 rings (SSSR count). The first-order valence-electron chi connectivity index (χ1n) is 5.73. The van der Waals surface area contributed by atoms with Crippen LogP contribution in [0.1, 0.15) is 27.7 Å². The molecule has 2 N–H and O–H groups in total. The summed E-state index contributed by atoms with van der Waals surface area (Å²) in [5.74, 6) is 0.598. The van der Waals surface area contributed by atoms with Gasteiger partial charge in [0.25, 0.3) is 0 Å². The van der Waals surface area contributed by atoms with E-state index in [4.69, 9.17) is 17.3 Å². The number of nitrogens with two attached hydrogens (primary N) is 1. The molecule has 0 saturated heterocycles. The van der Waals surface area contributed by atoms with Crippen LogP contribution in [-0.4, -0.2) is 12.6 Å². The molecule has 0 aliphatic heterocycles. The van der Waals surface area contributed by atoms with Gasteiger partial charge in [-0.15, -0.1) is 0 Å². The van der Waals surface area contributed by atoms with Gasteiger partial charge in [0.15, 0.2) is 0 Å². The monoisotopic (exact) mass is 240 g/mol. The highest BCUT2D eigenvalue weighted by atomic mass is 35.5. The zero-order chi connectivity index (χ0) is 12.3. The predicted octanol–water partition coefficient (Wildman–Crippen LogP) is 3.79. The molecule has 3 heteroatoms. The van der Waals surface area contributed by atoms with Crippen molar-refractivity contribution in [2.24, 2.45) is 5.92 Å². The second-order valence-corrected chi connectivity index (χ2v) is 5.28. The van der Waals surface area contributed by atoms with Crippen molar-refractivity contribution >= 4 is 23.0 Å². The molecular weight excluding hydrogens is 220 g/mol. The second-order valence-electron chi connectivity index (χ2n) is 4.84. The van der Waals surface area contributed by atoms with Gasteiger partial charge in [0.1, 0.15) is 0 Å². The van der Waals surface area contributed by atoms with Crippen molar-refractivity contribution in [3.63, 3.8) is 0 Å². The van der Waals surface area contributed by atoms with E-state index < -0.39 is 0 Å². The van der Waals surface area contributed by atoms with E-state index >= 15 is 0 Å².